The third-order valence-electron chi connectivity index (χ3n) is 9.96. The molecule has 1 aromatic rings. The van der Waals surface area contributed by atoms with E-state index in [0.717, 1.165) is 47.5 Å². The first kappa shape index (κ1) is 20.3. The molecule has 0 bridgehead atoms. The molecule has 4 fully saturated rings. The maximum absolute atomic E-state index is 13.4. The van der Waals surface area contributed by atoms with Gasteiger partial charge in [0.05, 0.1) is 18.3 Å². The average Bonchev–Trinajstić information content (AvgIpc) is 3.19. The van der Waals surface area contributed by atoms with Crippen molar-refractivity contribution in [2.75, 3.05) is 0 Å². The van der Waals surface area contributed by atoms with Gasteiger partial charge in [0, 0.05) is 12.1 Å². The van der Waals surface area contributed by atoms with E-state index in [9.17, 15) is 4.79 Å². The molecular weight excluding hydrogens is 368 g/mol. The van der Waals surface area contributed by atoms with Gasteiger partial charge in [0.25, 0.3) is 0 Å². The van der Waals surface area contributed by atoms with Gasteiger partial charge in [0.15, 0.2) is 5.78 Å². The standard InChI is InChI=1S/C27H38N2O/c1-4-19-15-28-29(16-19)17-26(30)25-7-5-6-24-23-11-9-20-14-18(2)8-10-21(20)22(23)12-13-27(24,25)3/h1,15-16,18,20-25H,5-14,17H2,2-3H3. The summed E-state index contributed by atoms with van der Waals surface area (Å²) in [7, 11) is 0. The minimum Gasteiger partial charge on any atom is -0.297 e. The minimum atomic E-state index is 0.188. The number of hydrogen-bond donors (Lipinski definition) is 0. The van der Waals surface area contributed by atoms with Crippen LogP contribution in [0, 0.1) is 59.2 Å². The van der Waals surface area contributed by atoms with Gasteiger partial charge in [0.1, 0.15) is 0 Å². The molecule has 162 valence electrons. The normalized spacial score (nSPS) is 43.0. The fourth-order valence-corrected chi connectivity index (χ4v) is 8.61. The highest BCUT2D eigenvalue weighted by Gasteiger charge is 2.56. The van der Waals surface area contributed by atoms with Crippen LogP contribution in [0.25, 0.3) is 0 Å². The van der Waals surface area contributed by atoms with Gasteiger partial charge < -0.3 is 0 Å². The second-order valence-electron chi connectivity index (χ2n) is 11.4. The summed E-state index contributed by atoms with van der Waals surface area (Å²) in [6, 6.07) is 0. The van der Waals surface area contributed by atoms with E-state index < -0.39 is 0 Å². The van der Waals surface area contributed by atoms with Crippen LogP contribution in [0.15, 0.2) is 12.4 Å². The van der Waals surface area contributed by atoms with Crippen LogP contribution in [0.4, 0.5) is 0 Å². The first-order valence-electron chi connectivity index (χ1n) is 12.5. The SMILES string of the molecule is C#Cc1cnn(CC(=O)C2CCCC3C4CCC5CC(C)CCC5C4CCC23C)c1. The van der Waals surface area contributed by atoms with E-state index in [1.807, 2.05) is 6.20 Å². The van der Waals surface area contributed by atoms with E-state index in [0.29, 0.717) is 12.3 Å². The molecule has 30 heavy (non-hydrogen) atoms. The van der Waals surface area contributed by atoms with E-state index in [4.69, 9.17) is 6.42 Å². The number of Topliss-reactive ketones (excluding diaryl/α,β-unsaturated/α-hetero) is 1. The van der Waals surface area contributed by atoms with E-state index in [-0.39, 0.29) is 11.3 Å². The lowest BCUT2D eigenvalue weighted by Crippen LogP contribution is -2.54. The third kappa shape index (κ3) is 3.35. The van der Waals surface area contributed by atoms with Crippen molar-refractivity contribution in [2.24, 2.45) is 46.8 Å². The number of terminal acetylenes is 1. The van der Waals surface area contributed by atoms with Crippen LogP contribution in [0.2, 0.25) is 0 Å². The molecule has 1 aromatic heterocycles. The molecule has 0 radical (unpaired) electrons. The second kappa shape index (κ2) is 7.85. The Labute approximate surface area is 182 Å². The number of rotatable bonds is 3. The van der Waals surface area contributed by atoms with Crippen molar-refractivity contribution in [2.45, 2.75) is 84.6 Å². The molecule has 3 nitrogen and oxygen atoms in total. The van der Waals surface area contributed by atoms with Crippen LogP contribution >= 0.6 is 0 Å². The molecule has 1 heterocycles. The Bertz CT molecular complexity index is 834. The number of fused-ring (bicyclic) bond motifs is 5. The number of aromatic nitrogens is 2. The molecule has 0 aliphatic heterocycles. The zero-order valence-corrected chi connectivity index (χ0v) is 18.9. The van der Waals surface area contributed by atoms with Crippen molar-refractivity contribution >= 4 is 5.78 Å². The molecule has 4 saturated carbocycles. The number of hydrogen-bond acceptors (Lipinski definition) is 2. The van der Waals surface area contributed by atoms with Gasteiger partial charge >= 0.3 is 0 Å². The fraction of sp³-hybridized carbons (Fsp3) is 0.778. The van der Waals surface area contributed by atoms with Crippen LogP contribution in [0.5, 0.6) is 0 Å². The Morgan fingerprint density at radius 1 is 1.17 bits per heavy atom. The number of nitrogens with zero attached hydrogens (tertiary/aromatic N) is 2. The topological polar surface area (TPSA) is 34.9 Å². The summed E-state index contributed by atoms with van der Waals surface area (Å²) in [6.45, 7) is 5.32. The molecule has 4 aliphatic rings. The van der Waals surface area contributed by atoms with Crippen molar-refractivity contribution in [3.8, 4) is 12.3 Å². The lowest BCUT2D eigenvalue weighted by molar-refractivity contribution is -0.144. The summed E-state index contributed by atoms with van der Waals surface area (Å²) in [6.07, 6.45) is 22.5. The maximum Gasteiger partial charge on any atom is 0.157 e. The Kier molecular flexibility index (Phi) is 5.32. The quantitative estimate of drug-likeness (QED) is 0.601. The summed E-state index contributed by atoms with van der Waals surface area (Å²) in [5, 5.41) is 4.32. The zero-order chi connectivity index (χ0) is 20.9. The van der Waals surface area contributed by atoms with Crippen LogP contribution in [-0.2, 0) is 11.3 Å². The van der Waals surface area contributed by atoms with E-state index in [2.05, 4.69) is 24.9 Å². The maximum atomic E-state index is 13.4. The molecule has 8 atom stereocenters. The van der Waals surface area contributed by atoms with Gasteiger partial charge in [-0.3, -0.25) is 9.48 Å². The largest absolute Gasteiger partial charge is 0.297 e. The molecule has 0 spiro atoms. The summed E-state index contributed by atoms with van der Waals surface area (Å²) < 4.78 is 1.75. The Balaban J connectivity index is 1.33. The van der Waals surface area contributed by atoms with Crippen LogP contribution in [0.3, 0.4) is 0 Å². The molecular formula is C27H38N2O. The van der Waals surface area contributed by atoms with Crippen molar-refractivity contribution in [3.63, 3.8) is 0 Å². The Morgan fingerprint density at radius 2 is 2.00 bits per heavy atom. The molecule has 4 aliphatic carbocycles. The first-order chi connectivity index (χ1) is 14.5. The lowest BCUT2D eigenvalue weighted by atomic mass is 9.44. The molecule has 0 amide bonds. The lowest BCUT2D eigenvalue weighted by Gasteiger charge is -2.60. The summed E-state index contributed by atoms with van der Waals surface area (Å²) in [5.74, 6) is 8.65. The molecule has 0 saturated heterocycles. The van der Waals surface area contributed by atoms with E-state index >= 15 is 0 Å². The summed E-state index contributed by atoms with van der Waals surface area (Å²) >= 11 is 0. The van der Waals surface area contributed by atoms with Gasteiger partial charge in [-0.15, -0.1) is 6.42 Å². The van der Waals surface area contributed by atoms with Crippen molar-refractivity contribution < 1.29 is 4.79 Å². The smallest absolute Gasteiger partial charge is 0.157 e. The van der Waals surface area contributed by atoms with Crippen molar-refractivity contribution in [3.05, 3.63) is 18.0 Å². The number of ketones is 1. The number of carbonyl (C=O) groups is 1. The predicted molar refractivity (Wildman–Crippen MR) is 120 cm³/mol. The fourth-order valence-electron chi connectivity index (χ4n) is 8.61. The van der Waals surface area contributed by atoms with Crippen molar-refractivity contribution in [1.82, 2.24) is 9.78 Å². The molecule has 5 rings (SSSR count). The van der Waals surface area contributed by atoms with Gasteiger partial charge in [-0.25, -0.2) is 0 Å². The van der Waals surface area contributed by atoms with Crippen LogP contribution < -0.4 is 0 Å². The molecule has 0 N–H and O–H groups in total. The monoisotopic (exact) mass is 406 g/mol. The van der Waals surface area contributed by atoms with Gasteiger partial charge in [-0.05, 0) is 92.3 Å². The molecule has 3 heteroatoms. The number of carbonyl (C=O) groups excluding carboxylic acids is 1. The highest BCUT2D eigenvalue weighted by atomic mass is 16.1. The van der Waals surface area contributed by atoms with E-state index in [1.165, 1.54) is 57.8 Å². The average molecular weight is 407 g/mol. The summed E-state index contributed by atoms with van der Waals surface area (Å²) in [4.78, 5) is 13.4. The zero-order valence-electron chi connectivity index (χ0n) is 18.9. The predicted octanol–water partition coefficient (Wildman–Crippen LogP) is 5.73. The van der Waals surface area contributed by atoms with Crippen molar-refractivity contribution in [1.29, 1.82) is 0 Å². The molecule has 8 unspecified atom stereocenters. The van der Waals surface area contributed by atoms with Crippen LogP contribution in [-0.4, -0.2) is 15.6 Å². The van der Waals surface area contributed by atoms with E-state index in [1.54, 1.807) is 10.9 Å². The minimum absolute atomic E-state index is 0.188. The first-order valence-corrected chi connectivity index (χ1v) is 12.5. The molecule has 0 aromatic carbocycles. The summed E-state index contributed by atoms with van der Waals surface area (Å²) in [5.41, 5.74) is 0.947. The Hall–Kier alpha value is -1.56. The van der Waals surface area contributed by atoms with Gasteiger partial charge in [0.2, 0.25) is 0 Å². The van der Waals surface area contributed by atoms with Gasteiger partial charge in [-0.1, -0.05) is 32.6 Å². The third-order valence-corrected chi connectivity index (χ3v) is 9.96. The van der Waals surface area contributed by atoms with Gasteiger partial charge in [-0.2, -0.15) is 5.10 Å². The van der Waals surface area contributed by atoms with Crippen LogP contribution in [0.1, 0.15) is 83.6 Å². The highest BCUT2D eigenvalue weighted by molar-refractivity contribution is 5.81. The highest BCUT2D eigenvalue weighted by Crippen LogP contribution is 2.63. The Morgan fingerprint density at radius 3 is 2.80 bits per heavy atom. The second-order valence-corrected chi connectivity index (χ2v) is 11.4.